The highest BCUT2D eigenvalue weighted by atomic mass is 35.5. The van der Waals surface area contributed by atoms with Crippen LogP contribution in [-0.2, 0) is 20.4 Å². The first kappa shape index (κ1) is 28.9. The Labute approximate surface area is 240 Å². The zero-order chi connectivity index (χ0) is 28.8. The van der Waals surface area contributed by atoms with Crippen molar-refractivity contribution in [2.24, 2.45) is 10.9 Å². The fraction of sp³-hybridized carbons (Fsp3) is 0.417. The minimum absolute atomic E-state index is 0.0125. The predicted molar refractivity (Wildman–Crippen MR) is 141 cm³/mol. The van der Waals surface area contributed by atoms with Gasteiger partial charge in [0.05, 0.1) is 29.2 Å². The van der Waals surface area contributed by atoms with Crippen LogP contribution in [0.5, 0.6) is 0 Å². The van der Waals surface area contributed by atoms with Gasteiger partial charge in [-0.1, -0.05) is 23.2 Å². The average molecular weight is 620 g/mol. The van der Waals surface area contributed by atoms with Crippen LogP contribution in [0.25, 0.3) is 5.69 Å². The molecular weight excluding hydrogens is 596 g/mol. The zero-order valence-corrected chi connectivity index (χ0v) is 23.3. The maximum absolute atomic E-state index is 14.0. The Balaban J connectivity index is 1.59. The van der Waals surface area contributed by atoms with E-state index in [1.165, 1.54) is 30.7 Å². The third-order valence-corrected chi connectivity index (χ3v) is 8.06. The average Bonchev–Trinajstić information content (AvgIpc) is 3.61. The summed E-state index contributed by atoms with van der Waals surface area (Å²) in [5, 5.41) is 21.2. The molecule has 2 aliphatic rings. The highest BCUT2D eigenvalue weighted by molar-refractivity contribution is 7.12. The molecule has 10 nitrogen and oxygen atoms in total. The van der Waals surface area contributed by atoms with Crippen LogP contribution in [0.1, 0.15) is 28.1 Å². The van der Waals surface area contributed by atoms with Gasteiger partial charge >= 0.3 is 6.18 Å². The summed E-state index contributed by atoms with van der Waals surface area (Å²) in [6.07, 6.45) is -7.49. The van der Waals surface area contributed by atoms with Crippen molar-refractivity contribution in [3.63, 3.8) is 0 Å². The normalized spacial score (nSPS) is 27.4. The molecule has 2 saturated heterocycles. The molecule has 0 bridgehead atoms. The van der Waals surface area contributed by atoms with Gasteiger partial charge in [0.25, 0.3) is 0 Å². The van der Waals surface area contributed by atoms with Gasteiger partial charge < -0.3 is 25.2 Å². The lowest BCUT2D eigenvalue weighted by molar-refractivity contribution is -0.539. The summed E-state index contributed by atoms with van der Waals surface area (Å²) in [6, 6.07) is 4.19. The third kappa shape index (κ3) is 5.49. The van der Waals surface area contributed by atoms with Gasteiger partial charge in [-0.05, 0) is 31.2 Å². The molecule has 1 aromatic carbocycles. The number of aromatic nitrogens is 3. The highest BCUT2D eigenvalue weighted by Gasteiger charge is 2.56. The first-order valence-corrected chi connectivity index (χ1v) is 13.6. The van der Waals surface area contributed by atoms with E-state index < -0.39 is 48.3 Å². The largest absolute Gasteiger partial charge is 0.418 e. The molecule has 2 fully saturated rings. The number of aliphatic hydroxyl groups is 1. The number of aliphatic hydroxyl groups excluding tert-OH is 1. The van der Waals surface area contributed by atoms with E-state index in [1.54, 1.807) is 18.4 Å². The zero-order valence-electron chi connectivity index (χ0n) is 21.0. The molecule has 2 aliphatic heterocycles. The summed E-state index contributed by atoms with van der Waals surface area (Å²) in [7, 11) is 1.44. The number of hydrogen-bond acceptors (Lipinski definition) is 9. The van der Waals surface area contributed by atoms with Crippen LogP contribution in [0.4, 0.5) is 13.2 Å². The van der Waals surface area contributed by atoms with Crippen molar-refractivity contribution in [2.75, 3.05) is 13.7 Å². The number of thiazole rings is 1. The van der Waals surface area contributed by atoms with E-state index in [4.69, 9.17) is 43.3 Å². The Morgan fingerprint density at radius 2 is 2.10 bits per heavy atom. The molecule has 40 heavy (non-hydrogen) atoms. The maximum Gasteiger partial charge on any atom is 0.418 e. The van der Waals surface area contributed by atoms with Crippen LogP contribution < -0.4 is 10.8 Å². The Hall–Kier alpha value is -2.59. The molecule has 0 radical (unpaired) electrons. The summed E-state index contributed by atoms with van der Waals surface area (Å²) in [6.45, 7) is 1.63. The number of nitrogens with one attached hydrogen (secondary N) is 1. The van der Waals surface area contributed by atoms with E-state index in [0.29, 0.717) is 16.4 Å². The molecule has 0 spiro atoms. The fourth-order valence-corrected chi connectivity index (χ4v) is 6.03. The number of alkyl halides is 3. The lowest BCUT2D eigenvalue weighted by atomic mass is 9.90. The molecule has 3 aromatic rings. The third-order valence-electron chi connectivity index (χ3n) is 6.64. The van der Waals surface area contributed by atoms with Crippen LogP contribution in [0.15, 0.2) is 34.7 Å². The van der Waals surface area contributed by atoms with E-state index in [9.17, 15) is 18.3 Å². The summed E-state index contributed by atoms with van der Waals surface area (Å²) < 4.78 is 61.1. The number of rotatable bonds is 6. The van der Waals surface area contributed by atoms with E-state index in [2.05, 4.69) is 20.2 Å². The second kappa shape index (κ2) is 11.4. The molecule has 4 N–H and O–H groups in total. The standard InChI is InChI=1S/C24H23Cl2F3N6O4S/c1-10-5-15(35(34-10)14-6-11(25)3-4-12(14)24(27,28)29)19-21(37-2)18(22-20(39-19)16(36)8-38-22)31-7-13(33-30)23-32-17(26)9-40-23/h3-7,9,16,18-22,36H,8,30H2,1-2H3/p+1/b31-7?,33-13+/t16?,18?,19-,20?,21?,22+/m0/s1. The lowest BCUT2D eigenvalue weighted by Crippen LogP contribution is -2.87. The van der Waals surface area contributed by atoms with Crippen molar-refractivity contribution in [1.29, 1.82) is 0 Å². The molecule has 16 heteroatoms. The number of nitrogens with zero attached hydrogens (tertiary/aromatic N) is 4. The van der Waals surface area contributed by atoms with Crippen LogP contribution in [-0.4, -0.2) is 76.0 Å². The summed E-state index contributed by atoms with van der Waals surface area (Å²) >= 11 is 13.3. The number of fused-ring (bicyclic) bond motifs is 1. The van der Waals surface area contributed by atoms with Crippen LogP contribution in [0, 0.1) is 6.92 Å². The number of nitrogens with two attached hydrogens (primary N) is 1. The topological polar surface area (TPSA) is 131 Å². The molecule has 0 aliphatic carbocycles. The van der Waals surface area contributed by atoms with Gasteiger partial charge in [0.2, 0.25) is 6.04 Å². The molecule has 4 heterocycles. The number of methoxy groups -OCH3 is 1. The molecule has 2 aromatic heterocycles. The van der Waals surface area contributed by atoms with Crippen molar-refractivity contribution < 1.29 is 37.5 Å². The van der Waals surface area contributed by atoms with Crippen LogP contribution in [0.2, 0.25) is 10.2 Å². The first-order valence-electron chi connectivity index (χ1n) is 11.9. The van der Waals surface area contributed by atoms with Crippen molar-refractivity contribution >= 4 is 46.5 Å². The molecule has 5 rings (SSSR count). The lowest BCUT2D eigenvalue weighted by Gasteiger charge is -2.39. The number of ether oxygens (including phenoxy) is 3. The molecule has 0 amide bonds. The van der Waals surface area contributed by atoms with Crippen LogP contribution in [0.3, 0.4) is 0 Å². The number of halogens is 5. The number of aryl methyl sites for hydroxylation is 1. The number of benzene rings is 1. The van der Waals surface area contributed by atoms with Gasteiger partial charge in [-0.15, -0.1) is 11.3 Å². The molecule has 214 valence electrons. The maximum atomic E-state index is 14.0. The van der Waals surface area contributed by atoms with Gasteiger partial charge in [-0.2, -0.15) is 23.4 Å². The van der Waals surface area contributed by atoms with Gasteiger partial charge in [-0.25, -0.2) is 14.7 Å². The Morgan fingerprint density at radius 3 is 2.75 bits per heavy atom. The fourth-order valence-electron chi connectivity index (χ4n) is 4.95. The number of hydrogen-bond donors (Lipinski definition) is 3. The minimum Gasteiger partial charge on any atom is -0.388 e. The molecule has 6 atom stereocenters. The van der Waals surface area contributed by atoms with Gasteiger partial charge in [0.15, 0.2) is 29.1 Å². The first-order chi connectivity index (χ1) is 19.0. The second-order valence-electron chi connectivity index (χ2n) is 9.20. The molecule has 0 saturated carbocycles. The second-order valence-corrected chi connectivity index (χ2v) is 10.9. The van der Waals surface area contributed by atoms with Gasteiger partial charge in [0.1, 0.15) is 23.5 Å². The van der Waals surface area contributed by atoms with Crippen molar-refractivity contribution in [1.82, 2.24) is 14.8 Å². The van der Waals surface area contributed by atoms with Crippen LogP contribution >= 0.6 is 34.5 Å². The van der Waals surface area contributed by atoms with E-state index in [-0.39, 0.29) is 28.2 Å². The minimum atomic E-state index is -4.68. The Bertz CT molecular complexity index is 1450. The van der Waals surface area contributed by atoms with E-state index in [0.717, 1.165) is 16.8 Å². The summed E-state index contributed by atoms with van der Waals surface area (Å²) in [5.41, 5.74) is -0.218. The monoisotopic (exact) mass is 619 g/mol. The molecule has 4 unspecified atom stereocenters. The Morgan fingerprint density at radius 1 is 1.32 bits per heavy atom. The van der Waals surface area contributed by atoms with Gasteiger partial charge in [-0.3, -0.25) is 0 Å². The summed E-state index contributed by atoms with van der Waals surface area (Å²) in [4.78, 5) is 7.37. The van der Waals surface area contributed by atoms with Crippen molar-refractivity contribution in [3.8, 4) is 5.69 Å². The van der Waals surface area contributed by atoms with Crippen molar-refractivity contribution in [2.45, 2.75) is 49.7 Å². The van der Waals surface area contributed by atoms with E-state index in [1.807, 2.05) is 0 Å². The molecular formula is C24H24Cl2F3N6O4S+. The smallest absolute Gasteiger partial charge is 0.388 e. The number of hydrazone groups is 1. The van der Waals surface area contributed by atoms with Crippen molar-refractivity contribution in [3.05, 3.63) is 61.8 Å². The predicted octanol–water partition coefficient (Wildman–Crippen LogP) is 2.06. The van der Waals surface area contributed by atoms with Gasteiger partial charge in [0, 0.05) is 17.5 Å². The quantitative estimate of drug-likeness (QED) is 0.219. The SMILES string of the molecule is COC1C([NH+]=C/C(=N\N)c2nc(Cl)cs2)[C@H]2OCC(O)C2O[C@H]1c1cc(C)nn1-c1cc(Cl)ccc1C(F)(F)F. The highest BCUT2D eigenvalue weighted by Crippen LogP contribution is 2.41. The Kier molecular flexibility index (Phi) is 8.21. The summed E-state index contributed by atoms with van der Waals surface area (Å²) in [5.74, 6) is 5.59. The van der Waals surface area contributed by atoms with E-state index >= 15 is 0 Å².